The number of alkyl halides is 1. The van der Waals surface area contributed by atoms with Gasteiger partial charge in [0.15, 0.2) is 12.1 Å². The predicted molar refractivity (Wildman–Crippen MR) is 180 cm³/mol. The summed E-state index contributed by atoms with van der Waals surface area (Å²) < 4.78 is 18.4. The van der Waals surface area contributed by atoms with Crippen molar-refractivity contribution >= 4 is 27.7 Å². The minimum Gasteiger partial charge on any atom is -0.461 e. The molecule has 5 fully saturated rings. The molecule has 0 bridgehead atoms. The average molecular weight is 708 g/mol. The van der Waals surface area contributed by atoms with Crippen LogP contribution in [-0.4, -0.2) is 64.6 Å². The molecule has 0 spiro atoms. The van der Waals surface area contributed by atoms with Crippen LogP contribution >= 0.6 is 15.9 Å². The molecule has 5 aliphatic carbocycles. The zero-order chi connectivity index (χ0) is 33.6. The van der Waals surface area contributed by atoms with Crippen LogP contribution in [0.1, 0.15) is 120 Å². The average Bonchev–Trinajstić information content (AvgIpc) is 3.28. The molecular weight excluding hydrogens is 648 g/mol. The number of Topliss-reactive ketones (excluding diaryl/α,β-unsaturated/α-hetero) is 1. The van der Waals surface area contributed by atoms with Gasteiger partial charge >= 0.3 is 5.97 Å². The number of hydrogen-bond acceptors (Lipinski definition) is 7. The summed E-state index contributed by atoms with van der Waals surface area (Å²) in [5, 5.41) is 21.1. The Morgan fingerprint density at radius 3 is 2.37 bits per heavy atom. The van der Waals surface area contributed by atoms with Crippen LogP contribution in [0.15, 0.2) is 11.1 Å². The Labute approximate surface area is 285 Å². The molecule has 6 aliphatic rings. The summed E-state index contributed by atoms with van der Waals surface area (Å²) in [7, 11) is 0. The summed E-state index contributed by atoms with van der Waals surface area (Å²) in [6.45, 7) is 18.2. The van der Waals surface area contributed by atoms with E-state index in [1.807, 2.05) is 0 Å². The highest BCUT2D eigenvalue weighted by Crippen LogP contribution is 2.76. The minimum atomic E-state index is -0.633. The first-order chi connectivity index (χ1) is 21.4. The van der Waals surface area contributed by atoms with E-state index in [4.69, 9.17) is 14.2 Å². The maximum Gasteiger partial charge on any atom is 0.302 e. The largest absolute Gasteiger partial charge is 0.461 e. The van der Waals surface area contributed by atoms with E-state index < -0.39 is 18.5 Å². The molecular formula is C38H59BrO7. The number of ketones is 1. The van der Waals surface area contributed by atoms with Crippen LogP contribution in [0.4, 0.5) is 0 Å². The van der Waals surface area contributed by atoms with Crippen molar-refractivity contribution in [2.24, 2.45) is 50.7 Å². The smallest absolute Gasteiger partial charge is 0.302 e. The van der Waals surface area contributed by atoms with E-state index in [1.54, 1.807) is 0 Å². The third kappa shape index (κ3) is 5.07. The Morgan fingerprint density at radius 1 is 1.00 bits per heavy atom. The summed E-state index contributed by atoms with van der Waals surface area (Å²) >= 11 is 3.57. The third-order valence-electron chi connectivity index (χ3n) is 15.1. The number of ether oxygens (including phenoxy) is 3. The van der Waals surface area contributed by atoms with Crippen molar-refractivity contribution in [3.63, 3.8) is 0 Å². The van der Waals surface area contributed by atoms with Crippen LogP contribution in [0.2, 0.25) is 0 Å². The van der Waals surface area contributed by atoms with Crippen molar-refractivity contribution < 1.29 is 34.0 Å². The zero-order valence-corrected chi connectivity index (χ0v) is 31.1. The summed E-state index contributed by atoms with van der Waals surface area (Å²) in [5.41, 5.74) is 2.40. The van der Waals surface area contributed by atoms with Gasteiger partial charge in [0.2, 0.25) is 0 Å². The Morgan fingerprint density at radius 2 is 1.72 bits per heavy atom. The number of rotatable bonds is 6. The molecule has 12 atom stereocenters. The second kappa shape index (κ2) is 11.9. The molecule has 1 aliphatic heterocycles. The number of carbonyl (C=O) groups is 2. The predicted octanol–water partition coefficient (Wildman–Crippen LogP) is 7.15. The van der Waals surface area contributed by atoms with Crippen molar-refractivity contribution in [1.29, 1.82) is 0 Å². The van der Waals surface area contributed by atoms with Crippen LogP contribution in [0.5, 0.6) is 0 Å². The molecule has 46 heavy (non-hydrogen) atoms. The highest BCUT2D eigenvalue weighted by molar-refractivity contribution is 9.09. The maximum atomic E-state index is 14.0. The highest BCUT2D eigenvalue weighted by atomic mass is 79.9. The summed E-state index contributed by atoms with van der Waals surface area (Å²) in [6.07, 6.45) is 7.51. The van der Waals surface area contributed by atoms with Gasteiger partial charge in [0.25, 0.3) is 0 Å². The molecule has 6 rings (SSSR count). The second-order valence-electron chi connectivity index (χ2n) is 17.8. The van der Waals surface area contributed by atoms with E-state index in [0.717, 1.165) is 50.5 Å². The lowest BCUT2D eigenvalue weighted by atomic mass is 9.33. The Balaban J connectivity index is 1.31. The summed E-state index contributed by atoms with van der Waals surface area (Å²) in [6, 6.07) is 0. The van der Waals surface area contributed by atoms with E-state index >= 15 is 0 Å². The quantitative estimate of drug-likeness (QED) is 0.224. The van der Waals surface area contributed by atoms with Crippen molar-refractivity contribution in [3.8, 4) is 0 Å². The van der Waals surface area contributed by atoms with E-state index in [9.17, 15) is 19.8 Å². The van der Waals surface area contributed by atoms with Crippen LogP contribution in [-0.2, 0) is 23.8 Å². The normalized spacial score (nSPS) is 48.4. The maximum absolute atomic E-state index is 14.0. The number of aliphatic hydroxyl groups excluding tert-OH is 2. The SMILES string of the molecule is CC(=O)OC1CC(OC[C@@]23CC[C@]4(C)C(CCC5[C@@]6(C)CC[C@H](O)C(C)(C)C6CC[C@]54C)C2=C(C(C)C)C(=O)C3)OC(CO)C1Br. The van der Waals surface area contributed by atoms with Crippen LogP contribution in [0.3, 0.4) is 0 Å². The second-order valence-corrected chi connectivity index (χ2v) is 18.8. The Hall–Kier alpha value is -0.800. The Kier molecular flexibility index (Phi) is 9.08. The number of halogens is 1. The number of hydrogen-bond donors (Lipinski definition) is 2. The van der Waals surface area contributed by atoms with Gasteiger partial charge in [0.1, 0.15) is 6.10 Å². The fourth-order valence-electron chi connectivity index (χ4n) is 12.6. The first-order valence-corrected chi connectivity index (χ1v) is 19.0. The molecule has 1 heterocycles. The first-order valence-electron chi connectivity index (χ1n) is 18.1. The lowest BCUT2D eigenvalue weighted by Crippen LogP contribution is -2.65. The topological polar surface area (TPSA) is 102 Å². The van der Waals surface area contributed by atoms with E-state index in [2.05, 4.69) is 64.4 Å². The lowest BCUT2D eigenvalue weighted by molar-refractivity contribution is -0.242. The van der Waals surface area contributed by atoms with Gasteiger partial charge in [-0.05, 0) is 102 Å². The molecule has 0 amide bonds. The molecule has 1 saturated heterocycles. The van der Waals surface area contributed by atoms with Crippen LogP contribution < -0.4 is 0 Å². The Bertz CT molecular complexity index is 1260. The molecule has 4 saturated carbocycles. The van der Waals surface area contributed by atoms with Gasteiger partial charge in [-0.2, -0.15) is 0 Å². The molecule has 8 heteroatoms. The molecule has 260 valence electrons. The van der Waals surface area contributed by atoms with Crippen LogP contribution in [0.25, 0.3) is 0 Å². The van der Waals surface area contributed by atoms with Gasteiger partial charge in [-0.1, -0.05) is 70.0 Å². The van der Waals surface area contributed by atoms with Gasteiger partial charge in [0.05, 0.1) is 30.2 Å². The monoisotopic (exact) mass is 706 g/mol. The standard InChI is InChI=1S/C38H59BrO7/c1-21(2)31-24(42)18-38(20-44-30-17-25(45-22(3)41)33(39)26(19-40)46-30)16-15-36(7)23(32(31)38)9-10-28-35(6)13-12-29(43)34(4,5)27(35)11-14-37(28,36)8/h21,23,25-30,33,40,43H,9-20H2,1-8H3/t23?,25?,26?,27?,28?,29-,30?,33?,35-,36+,37+,38-/m0/s1. The van der Waals surface area contributed by atoms with Gasteiger partial charge in [-0.25, -0.2) is 0 Å². The molecule has 0 aromatic heterocycles. The molecule has 7 nitrogen and oxygen atoms in total. The van der Waals surface area contributed by atoms with E-state index in [0.29, 0.717) is 37.2 Å². The molecule has 0 aromatic rings. The van der Waals surface area contributed by atoms with Crippen molar-refractivity contribution in [2.75, 3.05) is 13.2 Å². The molecule has 0 aromatic carbocycles. The summed E-state index contributed by atoms with van der Waals surface area (Å²) in [4.78, 5) is 25.5. The van der Waals surface area contributed by atoms with Crippen molar-refractivity contribution in [1.82, 2.24) is 0 Å². The number of aliphatic hydroxyl groups is 2. The van der Waals surface area contributed by atoms with Crippen molar-refractivity contribution in [2.45, 2.75) is 149 Å². The minimum absolute atomic E-state index is 0.0701. The van der Waals surface area contributed by atoms with Crippen LogP contribution in [0, 0.1) is 50.7 Å². The number of fused-ring (bicyclic) bond motifs is 7. The fraction of sp³-hybridized carbons (Fsp3) is 0.895. The number of esters is 1. The third-order valence-corrected chi connectivity index (χ3v) is 16.2. The number of allylic oxidation sites excluding steroid dienone is 1. The molecule has 2 N–H and O–H groups in total. The lowest BCUT2D eigenvalue weighted by Gasteiger charge is -2.72. The van der Waals surface area contributed by atoms with Gasteiger partial charge in [-0.15, -0.1) is 0 Å². The van der Waals surface area contributed by atoms with Gasteiger partial charge < -0.3 is 24.4 Å². The molecule has 7 unspecified atom stereocenters. The summed E-state index contributed by atoms with van der Waals surface area (Å²) in [5.74, 6) is 1.50. The zero-order valence-electron chi connectivity index (χ0n) is 29.5. The first kappa shape index (κ1) is 35.0. The molecule has 0 radical (unpaired) electrons. The van der Waals surface area contributed by atoms with E-state index in [-0.39, 0.29) is 62.3 Å². The fourth-order valence-corrected chi connectivity index (χ4v) is 13.2. The van der Waals surface area contributed by atoms with Gasteiger partial charge in [-0.3, -0.25) is 9.59 Å². The highest BCUT2D eigenvalue weighted by Gasteiger charge is 2.70. The van der Waals surface area contributed by atoms with Gasteiger partial charge in [0, 0.05) is 25.2 Å². The number of carbonyl (C=O) groups excluding carboxylic acids is 2. The van der Waals surface area contributed by atoms with Crippen molar-refractivity contribution in [3.05, 3.63) is 11.1 Å². The van der Waals surface area contributed by atoms with E-state index in [1.165, 1.54) is 18.9 Å².